The average Bonchev–Trinajstić information content (AvgIpc) is 3.00. The molecule has 2 aromatic carbocycles. The minimum atomic E-state index is -0.668. The van der Waals surface area contributed by atoms with E-state index in [1.54, 1.807) is 11.4 Å². The van der Waals surface area contributed by atoms with Gasteiger partial charge in [0.25, 0.3) is 0 Å². The Bertz CT molecular complexity index is 771. The zero-order chi connectivity index (χ0) is 14.7. The van der Waals surface area contributed by atoms with E-state index in [0.717, 1.165) is 10.6 Å². The Balaban J connectivity index is 1.80. The number of para-hydroxylation sites is 1. The summed E-state index contributed by atoms with van der Waals surface area (Å²) in [5.41, 5.74) is 1.09. The summed E-state index contributed by atoms with van der Waals surface area (Å²) in [4.78, 5) is 16.2. The van der Waals surface area contributed by atoms with Crippen molar-refractivity contribution in [2.24, 2.45) is 0 Å². The van der Waals surface area contributed by atoms with Crippen molar-refractivity contribution in [1.82, 2.24) is 4.98 Å². The number of hydrogen-bond acceptors (Lipinski definition) is 4. The van der Waals surface area contributed by atoms with E-state index < -0.39 is 11.8 Å². The summed E-state index contributed by atoms with van der Waals surface area (Å²) in [6.07, 6.45) is 0. The molecule has 0 saturated carbocycles. The minimum Gasteiger partial charge on any atom is -0.419 e. The molecule has 0 atom stereocenters. The van der Waals surface area contributed by atoms with Gasteiger partial charge < -0.3 is 4.74 Å². The van der Waals surface area contributed by atoms with Gasteiger partial charge in [0.15, 0.2) is 17.3 Å². The number of hydrogen-bond donors (Lipinski definition) is 0. The summed E-state index contributed by atoms with van der Waals surface area (Å²) in [6, 6.07) is 15.3. The molecule has 0 fully saturated rings. The van der Waals surface area contributed by atoms with Crippen LogP contribution in [-0.2, 0) is 0 Å². The highest BCUT2D eigenvalue weighted by Gasteiger charge is 2.15. The minimum absolute atomic E-state index is 0.100. The van der Waals surface area contributed by atoms with Crippen molar-refractivity contribution < 1.29 is 13.9 Å². The zero-order valence-electron chi connectivity index (χ0n) is 10.8. The van der Waals surface area contributed by atoms with Crippen LogP contribution in [0, 0.1) is 5.82 Å². The van der Waals surface area contributed by atoms with Crippen LogP contribution in [0.1, 0.15) is 10.5 Å². The zero-order valence-corrected chi connectivity index (χ0v) is 11.6. The second-order valence-corrected chi connectivity index (χ2v) is 5.08. The second-order valence-electron chi connectivity index (χ2n) is 4.22. The molecule has 0 aliphatic heterocycles. The summed E-state index contributed by atoms with van der Waals surface area (Å²) >= 11 is 1.34. The van der Waals surface area contributed by atoms with Gasteiger partial charge >= 0.3 is 5.97 Å². The first-order valence-corrected chi connectivity index (χ1v) is 7.09. The monoisotopic (exact) mass is 299 g/mol. The molecule has 1 heterocycles. The Morgan fingerprint density at radius 3 is 2.52 bits per heavy atom. The average molecular weight is 299 g/mol. The molecule has 3 aromatic rings. The molecule has 0 bridgehead atoms. The van der Waals surface area contributed by atoms with Crippen LogP contribution >= 0.6 is 11.3 Å². The van der Waals surface area contributed by atoms with E-state index in [4.69, 9.17) is 4.74 Å². The predicted molar refractivity (Wildman–Crippen MR) is 78.9 cm³/mol. The van der Waals surface area contributed by atoms with Crippen molar-refractivity contribution in [3.8, 4) is 16.3 Å². The van der Waals surface area contributed by atoms with Crippen molar-refractivity contribution in [2.45, 2.75) is 0 Å². The molecule has 21 heavy (non-hydrogen) atoms. The summed E-state index contributed by atoms with van der Waals surface area (Å²) in [6.45, 7) is 0. The fourth-order valence-corrected chi connectivity index (χ4v) is 2.56. The van der Waals surface area contributed by atoms with Crippen LogP contribution in [0.25, 0.3) is 10.6 Å². The lowest BCUT2D eigenvalue weighted by Crippen LogP contribution is -2.09. The van der Waals surface area contributed by atoms with Gasteiger partial charge in [0.1, 0.15) is 5.01 Å². The highest BCUT2D eigenvalue weighted by molar-refractivity contribution is 7.13. The fraction of sp³-hybridized carbons (Fsp3) is 0. The molecule has 5 heteroatoms. The van der Waals surface area contributed by atoms with Crippen LogP contribution in [0.4, 0.5) is 4.39 Å². The smallest absolute Gasteiger partial charge is 0.363 e. The molecule has 0 N–H and O–H groups in total. The highest BCUT2D eigenvalue weighted by Crippen LogP contribution is 2.24. The Hall–Kier alpha value is -2.53. The van der Waals surface area contributed by atoms with Gasteiger partial charge in [-0.1, -0.05) is 42.5 Å². The van der Waals surface area contributed by atoms with Gasteiger partial charge in [-0.2, -0.15) is 0 Å². The molecule has 0 saturated heterocycles. The van der Waals surface area contributed by atoms with E-state index in [0.29, 0.717) is 0 Å². The van der Waals surface area contributed by atoms with Crippen LogP contribution in [-0.4, -0.2) is 11.0 Å². The molecular formula is C16H10FNO2S. The van der Waals surface area contributed by atoms with Gasteiger partial charge in [-0.15, -0.1) is 11.3 Å². The SMILES string of the molecule is O=C(Oc1ccccc1F)c1csc(-c2ccccc2)n1. The maximum absolute atomic E-state index is 13.4. The fourth-order valence-electron chi connectivity index (χ4n) is 1.76. The van der Waals surface area contributed by atoms with E-state index in [9.17, 15) is 9.18 Å². The van der Waals surface area contributed by atoms with Crippen molar-refractivity contribution in [2.75, 3.05) is 0 Å². The molecule has 0 amide bonds. The summed E-state index contributed by atoms with van der Waals surface area (Å²) in [7, 11) is 0. The lowest BCUT2D eigenvalue weighted by molar-refractivity contribution is 0.0722. The van der Waals surface area contributed by atoms with Gasteiger partial charge in [-0.3, -0.25) is 0 Å². The van der Waals surface area contributed by atoms with Crippen molar-refractivity contribution in [1.29, 1.82) is 0 Å². The Labute approximate surface area is 124 Å². The normalized spacial score (nSPS) is 10.3. The topological polar surface area (TPSA) is 39.2 Å². The first-order chi connectivity index (χ1) is 10.2. The van der Waals surface area contributed by atoms with Crippen LogP contribution in [0.3, 0.4) is 0 Å². The Morgan fingerprint density at radius 1 is 1.05 bits per heavy atom. The van der Waals surface area contributed by atoms with Crippen LogP contribution in [0.2, 0.25) is 0 Å². The molecular weight excluding hydrogens is 289 g/mol. The maximum atomic E-state index is 13.4. The van der Waals surface area contributed by atoms with E-state index >= 15 is 0 Å². The van der Waals surface area contributed by atoms with E-state index in [1.807, 2.05) is 30.3 Å². The third-order valence-electron chi connectivity index (χ3n) is 2.77. The summed E-state index contributed by atoms with van der Waals surface area (Å²) in [5, 5.41) is 2.32. The van der Waals surface area contributed by atoms with Crippen molar-refractivity contribution >= 4 is 17.3 Å². The number of rotatable bonds is 3. The van der Waals surface area contributed by atoms with Gasteiger partial charge in [0, 0.05) is 10.9 Å². The number of nitrogens with zero attached hydrogens (tertiary/aromatic N) is 1. The van der Waals surface area contributed by atoms with E-state index in [-0.39, 0.29) is 11.4 Å². The van der Waals surface area contributed by atoms with Gasteiger partial charge in [-0.25, -0.2) is 14.2 Å². The number of benzene rings is 2. The first kappa shape index (κ1) is 13.5. The molecule has 0 unspecified atom stereocenters. The molecule has 0 radical (unpaired) electrons. The third-order valence-corrected chi connectivity index (χ3v) is 3.66. The number of carbonyl (C=O) groups is 1. The summed E-state index contributed by atoms with van der Waals surface area (Å²) < 4.78 is 18.5. The quantitative estimate of drug-likeness (QED) is 0.538. The molecule has 1 aromatic heterocycles. The maximum Gasteiger partial charge on any atom is 0.363 e. The number of ether oxygens (including phenoxy) is 1. The van der Waals surface area contributed by atoms with Crippen molar-refractivity contribution in [3.05, 3.63) is 71.5 Å². The molecule has 3 nitrogen and oxygen atoms in total. The molecule has 0 aliphatic carbocycles. The predicted octanol–water partition coefficient (Wildman–Crippen LogP) is 4.17. The lowest BCUT2D eigenvalue weighted by atomic mass is 10.2. The third kappa shape index (κ3) is 2.98. The van der Waals surface area contributed by atoms with Gasteiger partial charge in [0.2, 0.25) is 0 Å². The number of halogens is 1. The first-order valence-electron chi connectivity index (χ1n) is 6.22. The molecule has 104 valence electrons. The molecule has 3 rings (SSSR count). The highest BCUT2D eigenvalue weighted by atomic mass is 32.1. The lowest BCUT2D eigenvalue weighted by Gasteiger charge is -2.02. The Morgan fingerprint density at radius 2 is 1.76 bits per heavy atom. The number of carbonyl (C=O) groups excluding carboxylic acids is 1. The number of esters is 1. The Kier molecular flexibility index (Phi) is 3.75. The molecule has 0 spiro atoms. The number of thiazole rings is 1. The largest absolute Gasteiger partial charge is 0.419 e. The van der Waals surface area contributed by atoms with Gasteiger partial charge in [-0.05, 0) is 12.1 Å². The second kappa shape index (κ2) is 5.85. The molecule has 0 aliphatic rings. The van der Waals surface area contributed by atoms with E-state index in [2.05, 4.69) is 4.98 Å². The van der Waals surface area contributed by atoms with Crippen molar-refractivity contribution in [3.63, 3.8) is 0 Å². The van der Waals surface area contributed by atoms with Crippen LogP contribution in [0.15, 0.2) is 60.0 Å². The van der Waals surface area contributed by atoms with Crippen LogP contribution in [0.5, 0.6) is 5.75 Å². The standard InChI is InChI=1S/C16H10FNO2S/c17-12-8-4-5-9-14(12)20-16(19)13-10-21-15(18-13)11-6-2-1-3-7-11/h1-10H. The van der Waals surface area contributed by atoms with E-state index in [1.165, 1.54) is 29.5 Å². The van der Waals surface area contributed by atoms with Gasteiger partial charge in [0.05, 0.1) is 0 Å². The number of aromatic nitrogens is 1. The summed E-state index contributed by atoms with van der Waals surface area (Å²) in [5.74, 6) is -1.35. The van der Waals surface area contributed by atoms with Crippen LogP contribution < -0.4 is 4.74 Å².